The fourth-order valence-electron chi connectivity index (χ4n) is 3.06. The highest BCUT2D eigenvalue weighted by atomic mass is 35.5. The average Bonchev–Trinajstić information content (AvgIpc) is 2.70. The van der Waals surface area contributed by atoms with Crippen molar-refractivity contribution in [3.8, 4) is 0 Å². The number of hydrogen-bond donors (Lipinski definition) is 1. The van der Waals surface area contributed by atoms with Crippen molar-refractivity contribution >= 4 is 33.2 Å². The fraction of sp³-hybridized carbons (Fsp3) is 0.174. The van der Waals surface area contributed by atoms with Crippen LogP contribution in [0.25, 0.3) is 0 Å². The minimum Gasteiger partial charge on any atom is -0.325 e. The molecule has 0 heterocycles. The maximum atomic E-state index is 13.5. The molecular formula is C23H23ClN2O3S. The number of aryl methyl sites for hydroxylation is 2. The number of halogens is 1. The van der Waals surface area contributed by atoms with Gasteiger partial charge in [0.1, 0.15) is 0 Å². The van der Waals surface area contributed by atoms with Gasteiger partial charge in [0.05, 0.1) is 11.4 Å². The minimum absolute atomic E-state index is 0.0829. The largest absolute Gasteiger partial charge is 0.325 e. The number of anilines is 1. The summed E-state index contributed by atoms with van der Waals surface area (Å²) in [5.41, 5.74) is 2.77. The highest BCUT2D eigenvalue weighted by molar-refractivity contribution is 7.89. The molecule has 0 aliphatic carbocycles. The van der Waals surface area contributed by atoms with Gasteiger partial charge in [-0.05, 0) is 54.8 Å². The topological polar surface area (TPSA) is 66.5 Å². The van der Waals surface area contributed by atoms with Gasteiger partial charge in [-0.1, -0.05) is 60.1 Å². The first-order valence-electron chi connectivity index (χ1n) is 9.42. The Bertz CT molecular complexity index is 1150. The third kappa shape index (κ3) is 5.48. The van der Waals surface area contributed by atoms with Crippen molar-refractivity contribution < 1.29 is 13.2 Å². The SMILES string of the molecule is Cc1ccc(C)c(S(=O)(=O)N(CC(=O)Nc2cccc(Cl)c2)Cc2ccccc2)c1. The van der Waals surface area contributed by atoms with Gasteiger partial charge in [0.15, 0.2) is 0 Å². The van der Waals surface area contributed by atoms with Crippen LogP contribution < -0.4 is 5.32 Å². The summed E-state index contributed by atoms with van der Waals surface area (Å²) in [7, 11) is -3.90. The monoisotopic (exact) mass is 442 g/mol. The maximum absolute atomic E-state index is 13.5. The van der Waals surface area contributed by atoms with E-state index in [1.165, 1.54) is 4.31 Å². The molecule has 0 aliphatic heterocycles. The number of hydrogen-bond acceptors (Lipinski definition) is 3. The van der Waals surface area contributed by atoms with Gasteiger partial charge in [-0.25, -0.2) is 8.42 Å². The first-order chi connectivity index (χ1) is 14.3. The van der Waals surface area contributed by atoms with Crippen LogP contribution in [0.2, 0.25) is 5.02 Å². The smallest absolute Gasteiger partial charge is 0.244 e. The second kappa shape index (κ2) is 9.43. The van der Waals surface area contributed by atoms with Gasteiger partial charge in [-0.2, -0.15) is 4.31 Å². The van der Waals surface area contributed by atoms with Crippen molar-refractivity contribution in [3.63, 3.8) is 0 Å². The number of nitrogens with one attached hydrogen (secondary N) is 1. The van der Waals surface area contributed by atoms with Crippen LogP contribution >= 0.6 is 11.6 Å². The molecule has 3 rings (SSSR count). The van der Waals surface area contributed by atoms with Gasteiger partial charge in [0.25, 0.3) is 0 Å². The van der Waals surface area contributed by atoms with Gasteiger partial charge < -0.3 is 5.32 Å². The lowest BCUT2D eigenvalue weighted by atomic mass is 10.2. The van der Waals surface area contributed by atoms with E-state index in [-0.39, 0.29) is 18.0 Å². The van der Waals surface area contributed by atoms with E-state index in [1.807, 2.05) is 43.3 Å². The Hall–Kier alpha value is -2.67. The molecule has 30 heavy (non-hydrogen) atoms. The Balaban J connectivity index is 1.91. The van der Waals surface area contributed by atoms with Crippen LogP contribution in [0.15, 0.2) is 77.7 Å². The van der Waals surface area contributed by atoms with E-state index in [4.69, 9.17) is 11.6 Å². The quantitative estimate of drug-likeness (QED) is 0.572. The number of sulfonamides is 1. The molecule has 0 saturated heterocycles. The number of nitrogens with zero attached hydrogens (tertiary/aromatic N) is 1. The summed E-state index contributed by atoms with van der Waals surface area (Å²) in [6.07, 6.45) is 0. The third-order valence-electron chi connectivity index (χ3n) is 4.59. The third-order valence-corrected chi connectivity index (χ3v) is 6.76. The first-order valence-corrected chi connectivity index (χ1v) is 11.2. The van der Waals surface area contributed by atoms with E-state index in [0.29, 0.717) is 16.3 Å². The lowest BCUT2D eigenvalue weighted by Crippen LogP contribution is -2.37. The fourth-order valence-corrected chi connectivity index (χ4v) is 4.95. The summed E-state index contributed by atoms with van der Waals surface area (Å²) in [5.74, 6) is -0.443. The molecule has 3 aromatic carbocycles. The number of benzene rings is 3. The average molecular weight is 443 g/mol. The Morgan fingerprint density at radius 3 is 2.40 bits per heavy atom. The van der Waals surface area contributed by atoms with Gasteiger partial charge >= 0.3 is 0 Å². The van der Waals surface area contributed by atoms with Crippen molar-refractivity contribution in [3.05, 3.63) is 94.5 Å². The highest BCUT2D eigenvalue weighted by Gasteiger charge is 2.28. The van der Waals surface area contributed by atoms with E-state index in [9.17, 15) is 13.2 Å². The zero-order valence-electron chi connectivity index (χ0n) is 16.8. The molecule has 156 valence electrons. The van der Waals surface area contributed by atoms with Crippen LogP contribution in [0.3, 0.4) is 0 Å². The Labute approximate surface area is 182 Å². The second-order valence-corrected chi connectivity index (χ2v) is 9.43. The van der Waals surface area contributed by atoms with Crippen molar-refractivity contribution in [1.29, 1.82) is 0 Å². The number of rotatable bonds is 7. The van der Waals surface area contributed by atoms with Crippen LogP contribution in [0.5, 0.6) is 0 Å². The number of carbonyl (C=O) groups is 1. The number of amides is 1. The molecule has 0 saturated carbocycles. The van der Waals surface area contributed by atoms with Crippen LogP contribution in [-0.2, 0) is 21.4 Å². The van der Waals surface area contributed by atoms with Gasteiger partial charge in [-0.15, -0.1) is 0 Å². The summed E-state index contributed by atoms with van der Waals surface area (Å²) in [4.78, 5) is 12.9. The summed E-state index contributed by atoms with van der Waals surface area (Å²) in [6, 6.07) is 21.2. The van der Waals surface area contributed by atoms with Crippen molar-refractivity contribution in [2.45, 2.75) is 25.3 Å². The predicted octanol–water partition coefficient (Wildman–Crippen LogP) is 4.79. The molecule has 0 fully saturated rings. The lowest BCUT2D eigenvalue weighted by molar-refractivity contribution is -0.116. The highest BCUT2D eigenvalue weighted by Crippen LogP contribution is 2.23. The van der Waals surface area contributed by atoms with E-state index < -0.39 is 15.9 Å². The molecule has 7 heteroatoms. The summed E-state index contributed by atoms with van der Waals surface area (Å²) >= 11 is 5.97. The zero-order valence-corrected chi connectivity index (χ0v) is 18.4. The van der Waals surface area contributed by atoms with E-state index >= 15 is 0 Å². The molecule has 0 aromatic heterocycles. The standard InChI is InChI=1S/C23H23ClN2O3S/c1-17-11-12-18(2)22(13-17)30(28,29)26(15-19-7-4-3-5-8-19)16-23(27)25-21-10-6-9-20(24)14-21/h3-14H,15-16H2,1-2H3,(H,25,27). The van der Waals surface area contributed by atoms with Crippen LogP contribution in [0, 0.1) is 13.8 Å². The van der Waals surface area contributed by atoms with E-state index in [0.717, 1.165) is 11.1 Å². The van der Waals surface area contributed by atoms with Crippen LogP contribution in [-0.4, -0.2) is 25.2 Å². The molecule has 0 spiro atoms. The molecule has 5 nitrogen and oxygen atoms in total. The molecule has 0 radical (unpaired) electrons. The number of carbonyl (C=O) groups excluding carboxylic acids is 1. The maximum Gasteiger partial charge on any atom is 0.244 e. The molecular weight excluding hydrogens is 420 g/mol. The van der Waals surface area contributed by atoms with Crippen LogP contribution in [0.4, 0.5) is 5.69 Å². The summed E-state index contributed by atoms with van der Waals surface area (Å²) in [6.45, 7) is 3.35. The lowest BCUT2D eigenvalue weighted by Gasteiger charge is -2.23. The summed E-state index contributed by atoms with van der Waals surface area (Å²) < 4.78 is 28.2. The summed E-state index contributed by atoms with van der Waals surface area (Å²) in [5, 5.41) is 3.20. The van der Waals surface area contributed by atoms with E-state index in [2.05, 4.69) is 5.32 Å². The Morgan fingerprint density at radius 1 is 0.967 bits per heavy atom. The second-order valence-electron chi connectivity index (χ2n) is 7.09. The molecule has 1 amide bonds. The minimum atomic E-state index is -3.90. The normalized spacial score (nSPS) is 11.5. The molecule has 3 aromatic rings. The van der Waals surface area contributed by atoms with Crippen LogP contribution in [0.1, 0.15) is 16.7 Å². The van der Waals surface area contributed by atoms with Gasteiger partial charge in [-0.3, -0.25) is 4.79 Å². The molecule has 1 N–H and O–H groups in total. The van der Waals surface area contributed by atoms with Crippen molar-refractivity contribution in [1.82, 2.24) is 4.31 Å². The van der Waals surface area contributed by atoms with Crippen molar-refractivity contribution in [2.24, 2.45) is 0 Å². The zero-order chi connectivity index (χ0) is 21.7. The Kier molecular flexibility index (Phi) is 6.92. The molecule has 0 aliphatic rings. The molecule has 0 atom stereocenters. The molecule has 0 bridgehead atoms. The van der Waals surface area contributed by atoms with Gasteiger partial charge in [0.2, 0.25) is 15.9 Å². The molecule has 0 unspecified atom stereocenters. The van der Waals surface area contributed by atoms with Gasteiger partial charge in [0, 0.05) is 17.3 Å². The Morgan fingerprint density at radius 2 is 1.70 bits per heavy atom. The van der Waals surface area contributed by atoms with E-state index in [1.54, 1.807) is 43.3 Å². The first kappa shape index (κ1) is 22.0. The predicted molar refractivity (Wildman–Crippen MR) is 120 cm³/mol. The van der Waals surface area contributed by atoms with Crippen molar-refractivity contribution in [2.75, 3.05) is 11.9 Å².